The lowest BCUT2D eigenvalue weighted by Crippen LogP contribution is -2.24. The Morgan fingerprint density at radius 3 is 2.71 bits per heavy atom. The van der Waals surface area contributed by atoms with Crippen molar-refractivity contribution in [3.8, 4) is 0 Å². The number of benzene rings is 2. The second-order valence-corrected chi connectivity index (χ2v) is 5.79. The summed E-state index contributed by atoms with van der Waals surface area (Å²) < 4.78 is 4.67. The fourth-order valence-corrected chi connectivity index (χ4v) is 2.24. The van der Waals surface area contributed by atoms with E-state index in [1.54, 1.807) is 48.7 Å². The molecule has 5 nitrogen and oxygen atoms in total. The van der Waals surface area contributed by atoms with Crippen LogP contribution in [0.2, 0.25) is 10.0 Å². The van der Waals surface area contributed by atoms with Crippen LogP contribution in [0.1, 0.15) is 15.9 Å². The number of carbonyl (C=O) groups excluding carboxylic acids is 1. The Morgan fingerprint density at radius 1 is 1.21 bits per heavy atom. The van der Waals surface area contributed by atoms with Crippen LogP contribution in [0.5, 0.6) is 0 Å². The largest absolute Gasteiger partial charge is 0.465 e. The van der Waals surface area contributed by atoms with Gasteiger partial charge in [-0.25, -0.2) is 4.79 Å². The van der Waals surface area contributed by atoms with Crippen LogP contribution in [0.15, 0.2) is 47.6 Å². The summed E-state index contributed by atoms with van der Waals surface area (Å²) in [7, 11) is 1.33. The number of nitrogens with zero attached hydrogens (tertiary/aromatic N) is 1. The van der Waals surface area contributed by atoms with Gasteiger partial charge in [0.15, 0.2) is 5.11 Å². The number of esters is 1. The minimum Gasteiger partial charge on any atom is -0.465 e. The zero-order chi connectivity index (χ0) is 17.5. The molecular weight excluding hydrogens is 369 g/mol. The standard InChI is InChI=1S/C16H13Cl2N3O2S/c1-23-15(22)11-3-2-4-12(8-11)20-16(24)21-19-9-10-5-6-13(17)14(18)7-10/h2-9H,1H3,(H2,20,21,24)/b19-9+. The molecule has 2 aromatic rings. The maximum Gasteiger partial charge on any atom is 0.337 e. The predicted octanol–water partition coefficient (Wildman–Crippen LogP) is 4.10. The molecule has 0 radical (unpaired) electrons. The lowest BCUT2D eigenvalue weighted by atomic mass is 10.2. The van der Waals surface area contributed by atoms with E-state index in [9.17, 15) is 4.79 Å². The van der Waals surface area contributed by atoms with Crippen molar-refractivity contribution in [2.24, 2.45) is 5.10 Å². The van der Waals surface area contributed by atoms with Gasteiger partial charge in [-0.15, -0.1) is 0 Å². The number of anilines is 1. The van der Waals surface area contributed by atoms with Crippen LogP contribution in [0.4, 0.5) is 5.69 Å². The zero-order valence-electron chi connectivity index (χ0n) is 12.5. The molecule has 8 heteroatoms. The molecule has 0 heterocycles. The van der Waals surface area contributed by atoms with E-state index < -0.39 is 5.97 Å². The number of thiocarbonyl (C=S) groups is 1. The molecule has 0 bridgehead atoms. The van der Waals surface area contributed by atoms with Crippen molar-refractivity contribution < 1.29 is 9.53 Å². The Morgan fingerprint density at radius 2 is 2.00 bits per heavy atom. The third-order valence-electron chi connectivity index (χ3n) is 2.86. The molecule has 0 atom stereocenters. The first-order chi connectivity index (χ1) is 11.5. The molecule has 0 spiro atoms. The number of carbonyl (C=O) groups is 1. The minimum atomic E-state index is -0.421. The third kappa shape index (κ3) is 5.19. The molecule has 0 amide bonds. The van der Waals surface area contributed by atoms with Gasteiger partial charge in [-0.1, -0.05) is 35.3 Å². The van der Waals surface area contributed by atoms with Crippen molar-refractivity contribution >= 4 is 58.4 Å². The quantitative estimate of drug-likeness (QED) is 0.361. The smallest absolute Gasteiger partial charge is 0.337 e. The summed E-state index contributed by atoms with van der Waals surface area (Å²) in [5.41, 5.74) is 4.50. The van der Waals surface area contributed by atoms with Gasteiger partial charge in [-0.05, 0) is 48.1 Å². The summed E-state index contributed by atoms with van der Waals surface area (Å²) in [6.45, 7) is 0. The number of nitrogens with one attached hydrogen (secondary N) is 2. The second-order valence-electron chi connectivity index (χ2n) is 4.57. The van der Waals surface area contributed by atoms with E-state index in [-0.39, 0.29) is 5.11 Å². The third-order valence-corrected chi connectivity index (χ3v) is 3.80. The molecule has 24 heavy (non-hydrogen) atoms. The summed E-state index contributed by atoms with van der Waals surface area (Å²) >= 11 is 16.9. The van der Waals surface area contributed by atoms with Crippen molar-refractivity contribution in [3.63, 3.8) is 0 Å². The summed E-state index contributed by atoms with van der Waals surface area (Å²) in [6, 6.07) is 11.9. The monoisotopic (exact) mass is 381 g/mol. The van der Waals surface area contributed by atoms with Crippen molar-refractivity contribution in [2.75, 3.05) is 12.4 Å². The lowest BCUT2D eigenvalue weighted by molar-refractivity contribution is 0.0601. The Kier molecular flexibility index (Phi) is 6.54. The minimum absolute atomic E-state index is 0.272. The molecule has 0 aliphatic carbocycles. The molecule has 0 aliphatic heterocycles. The SMILES string of the molecule is COC(=O)c1cccc(NC(=S)N/N=C/c2ccc(Cl)c(Cl)c2)c1. The Balaban J connectivity index is 1.94. The first kappa shape index (κ1) is 18.2. The number of rotatable bonds is 4. The zero-order valence-corrected chi connectivity index (χ0v) is 14.9. The first-order valence-corrected chi connectivity index (χ1v) is 7.89. The van der Waals surface area contributed by atoms with E-state index in [1.807, 2.05) is 0 Å². The summed E-state index contributed by atoms with van der Waals surface area (Å²) in [5, 5.41) is 8.12. The fraction of sp³-hybridized carbons (Fsp3) is 0.0625. The maximum absolute atomic E-state index is 11.5. The van der Waals surface area contributed by atoms with E-state index in [2.05, 4.69) is 20.6 Å². The maximum atomic E-state index is 11.5. The molecule has 0 aliphatic rings. The molecule has 0 unspecified atom stereocenters. The van der Waals surface area contributed by atoms with Crippen molar-refractivity contribution in [1.82, 2.24) is 5.43 Å². The normalized spacial score (nSPS) is 10.5. The number of hydrogen-bond donors (Lipinski definition) is 2. The molecule has 0 aromatic heterocycles. The number of halogens is 2. The summed E-state index contributed by atoms with van der Waals surface area (Å²) in [5.74, 6) is -0.421. The lowest BCUT2D eigenvalue weighted by Gasteiger charge is -2.08. The van der Waals surface area contributed by atoms with Gasteiger partial charge in [0.2, 0.25) is 0 Å². The van der Waals surface area contributed by atoms with Gasteiger partial charge in [-0.2, -0.15) is 5.10 Å². The van der Waals surface area contributed by atoms with Crippen LogP contribution >= 0.6 is 35.4 Å². The van der Waals surface area contributed by atoms with Crippen molar-refractivity contribution in [1.29, 1.82) is 0 Å². The van der Waals surface area contributed by atoms with Gasteiger partial charge in [0.1, 0.15) is 0 Å². The van der Waals surface area contributed by atoms with Gasteiger partial charge in [0, 0.05) is 5.69 Å². The van der Waals surface area contributed by atoms with E-state index in [1.165, 1.54) is 7.11 Å². The fourth-order valence-electron chi connectivity index (χ4n) is 1.76. The highest BCUT2D eigenvalue weighted by Gasteiger charge is 2.06. The van der Waals surface area contributed by atoms with Crippen LogP contribution < -0.4 is 10.7 Å². The predicted molar refractivity (Wildman–Crippen MR) is 101 cm³/mol. The Bertz CT molecular complexity index is 797. The number of ether oxygens (including phenoxy) is 1. The second kappa shape index (κ2) is 8.63. The molecular formula is C16H13Cl2N3O2S. The van der Waals surface area contributed by atoms with Gasteiger partial charge >= 0.3 is 5.97 Å². The van der Waals surface area contributed by atoms with Gasteiger partial charge in [-0.3, -0.25) is 5.43 Å². The average Bonchev–Trinajstić information content (AvgIpc) is 2.57. The first-order valence-electron chi connectivity index (χ1n) is 6.73. The number of hydrogen-bond acceptors (Lipinski definition) is 4. The molecule has 124 valence electrons. The molecule has 2 N–H and O–H groups in total. The molecule has 0 saturated heterocycles. The molecule has 0 saturated carbocycles. The highest BCUT2D eigenvalue weighted by Crippen LogP contribution is 2.21. The molecule has 2 aromatic carbocycles. The Hall–Kier alpha value is -2.15. The van der Waals surface area contributed by atoms with E-state index in [4.69, 9.17) is 35.4 Å². The highest BCUT2D eigenvalue weighted by atomic mass is 35.5. The van der Waals surface area contributed by atoms with E-state index in [0.29, 0.717) is 21.3 Å². The van der Waals surface area contributed by atoms with Gasteiger partial charge in [0.25, 0.3) is 0 Å². The molecule has 0 fully saturated rings. The van der Waals surface area contributed by atoms with Crippen LogP contribution in [0.25, 0.3) is 0 Å². The van der Waals surface area contributed by atoms with Crippen LogP contribution in [-0.4, -0.2) is 24.4 Å². The number of hydrazone groups is 1. The molecule has 2 rings (SSSR count). The number of methoxy groups -OCH3 is 1. The Labute approximate surface area is 154 Å². The highest BCUT2D eigenvalue weighted by molar-refractivity contribution is 7.80. The van der Waals surface area contributed by atoms with Crippen LogP contribution in [0.3, 0.4) is 0 Å². The van der Waals surface area contributed by atoms with Crippen molar-refractivity contribution in [3.05, 3.63) is 63.6 Å². The van der Waals surface area contributed by atoms with Crippen molar-refractivity contribution in [2.45, 2.75) is 0 Å². The van der Waals surface area contributed by atoms with Crippen LogP contribution in [-0.2, 0) is 4.74 Å². The van der Waals surface area contributed by atoms with Gasteiger partial charge < -0.3 is 10.1 Å². The summed E-state index contributed by atoms with van der Waals surface area (Å²) in [4.78, 5) is 11.5. The van der Waals surface area contributed by atoms with E-state index >= 15 is 0 Å². The topological polar surface area (TPSA) is 62.7 Å². The average molecular weight is 382 g/mol. The van der Waals surface area contributed by atoms with Gasteiger partial charge in [0.05, 0.1) is 28.9 Å². The summed E-state index contributed by atoms with van der Waals surface area (Å²) in [6.07, 6.45) is 1.56. The van der Waals surface area contributed by atoms with Crippen LogP contribution in [0, 0.1) is 0 Å². The van der Waals surface area contributed by atoms with E-state index in [0.717, 1.165) is 5.56 Å².